The van der Waals surface area contributed by atoms with Crippen LogP contribution in [-0.2, 0) is 16.2 Å². The summed E-state index contributed by atoms with van der Waals surface area (Å²) in [4.78, 5) is 1.74. The third kappa shape index (κ3) is 4.00. The van der Waals surface area contributed by atoms with Crippen LogP contribution in [0.2, 0.25) is 0 Å². The van der Waals surface area contributed by atoms with Crippen LogP contribution >= 0.6 is 0 Å². The molecule has 1 aliphatic rings. The summed E-state index contributed by atoms with van der Waals surface area (Å²) in [6, 6.07) is 8.85. The normalized spacial score (nSPS) is 16.0. The summed E-state index contributed by atoms with van der Waals surface area (Å²) in [6.45, 7) is 1.14. The van der Waals surface area contributed by atoms with Crippen LogP contribution < -0.4 is 4.90 Å². The van der Waals surface area contributed by atoms with Crippen molar-refractivity contribution in [1.82, 2.24) is 24.3 Å². The zero-order valence-electron chi connectivity index (χ0n) is 15.6. The Morgan fingerprint density at radius 1 is 0.867 bits per heavy atom. The van der Waals surface area contributed by atoms with E-state index in [1.54, 1.807) is 35.3 Å². The van der Waals surface area contributed by atoms with E-state index in [0.717, 1.165) is 24.3 Å². The van der Waals surface area contributed by atoms with Crippen LogP contribution in [0.15, 0.2) is 59.8 Å². The molecule has 1 fully saturated rings. The van der Waals surface area contributed by atoms with Crippen molar-refractivity contribution in [3.63, 3.8) is 0 Å². The number of aromatic nitrogens is 4. The number of halogens is 3. The quantitative estimate of drug-likeness (QED) is 0.621. The van der Waals surface area contributed by atoms with E-state index >= 15 is 0 Å². The maximum Gasteiger partial charge on any atom is 0.416 e. The second kappa shape index (κ2) is 7.69. The fourth-order valence-electron chi connectivity index (χ4n) is 3.14. The Morgan fingerprint density at radius 3 is 2.03 bits per heavy atom. The fraction of sp³-hybridized carbons (Fsp3) is 0.278. The molecule has 0 saturated carbocycles. The minimum Gasteiger partial charge on any atom is -0.352 e. The highest BCUT2D eigenvalue weighted by Crippen LogP contribution is 2.30. The minimum absolute atomic E-state index is 0.160. The molecule has 0 unspecified atom stereocenters. The largest absolute Gasteiger partial charge is 0.416 e. The van der Waals surface area contributed by atoms with E-state index in [1.165, 1.54) is 4.31 Å². The molecular weight excluding hydrogens is 421 g/mol. The Kier molecular flexibility index (Phi) is 5.20. The summed E-state index contributed by atoms with van der Waals surface area (Å²) in [6.07, 6.45) is -1.14. The topological polar surface area (TPSA) is 84.2 Å². The highest BCUT2D eigenvalue weighted by Gasteiger charge is 2.32. The van der Waals surface area contributed by atoms with E-state index in [1.807, 2.05) is 4.90 Å². The van der Waals surface area contributed by atoms with Gasteiger partial charge in [0.2, 0.25) is 10.0 Å². The molecule has 1 saturated heterocycles. The van der Waals surface area contributed by atoms with Gasteiger partial charge in [0.1, 0.15) is 0 Å². The van der Waals surface area contributed by atoms with Gasteiger partial charge in [-0.3, -0.25) is 0 Å². The van der Waals surface area contributed by atoms with Crippen molar-refractivity contribution in [2.75, 3.05) is 31.1 Å². The second-order valence-electron chi connectivity index (χ2n) is 6.61. The van der Waals surface area contributed by atoms with E-state index in [4.69, 9.17) is 0 Å². The summed E-state index contributed by atoms with van der Waals surface area (Å²) < 4.78 is 66.4. The molecule has 3 aromatic rings. The average Bonchev–Trinajstić information content (AvgIpc) is 3.28. The Bertz CT molecular complexity index is 1090. The maximum atomic E-state index is 12.8. The van der Waals surface area contributed by atoms with Crippen LogP contribution in [0.3, 0.4) is 0 Å². The van der Waals surface area contributed by atoms with Crippen molar-refractivity contribution >= 4 is 15.8 Å². The number of rotatable bonds is 4. The molecule has 0 bridgehead atoms. The van der Waals surface area contributed by atoms with E-state index in [2.05, 4.69) is 15.3 Å². The van der Waals surface area contributed by atoms with E-state index in [9.17, 15) is 21.6 Å². The van der Waals surface area contributed by atoms with E-state index in [0.29, 0.717) is 24.7 Å². The molecule has 1 aliphatic heterocycles. The van der Waals surface area contributed by atoms with E-state index in [-0.39, 0.29) is 18.0 Å². The Labute approximate surface area is 170 Å². The number of piperazine rings is 1. The first-order valence-corrected chi connectivity index (χ1v) is 10.5. The minimum atomic E-state index is -4.51. The van der Waals surface area contributed by atoms with Crippen molar-refractivity contribution < 1.29 is 21.6 Å². The van der Waals surface area contributed by atoms with Crippen molar-refractivity contribution in [1.29, 1.82) is 0 Å². The van der Waals surface area contributed by atoms with Gasteiger partial charge in [0, 0.05) is 38.6 Å². The van der Waals surface area contributed by atoms with Crippen molar-refractivity contribution in [2.24, 2.45) is 0 Å². The van der Waals surface area contributed by atoms with Gasteiger partial charge in [-0.1, -0.05) is 0 Å². The smallest absolute Gasteiger partial charge is 0.352 e. The number of nitrogens with zero attached hydrogens (tertiary/aromatic N) is 6. The molecule has 0 N–H and O–H groups in total. The number of benzene rings is 1. The third-order valence-corrected chi connectivity index (χ3v) is 6.67. The maximum absolute atomic E-state index is 12.8. The summed E-state index contributed by atoms with van der Waals surface area (Å²) >= 11 is 0. The number of hydrogen-bond donors (Lipinski definition) is 0. The molecule has 158 valence electrons. The predicted molar refractivity (Wildman–Crippen MR) is 102 cm³/mol. The van der Waals surface area contributed by atoms with E-state index < -0.39 is 21.8 Å². The van der Waals surface area contributed by atoms with Crippen molar-refractivity contribution in [2.45, 2.75) is 11.1 Å². The Morgan fingerprint density at radius 2 is 1.50 bits per heavy atom. The molecule has 30 heavy (non-hydrogen) atoms. The van der Waals surface area contributed by atoms with Gasteiger partial charge < -0.3 is 4.90 Å². The number of anilines is 1. The molecule has 8 nitrogen and oxygen atoms in total. The Balaban J connectivity index is 1.42. The molecular formula is C18H17F3N6O2S. The van der Waals surface area contributed by atoms with Gasteiger partial charge in [0.15, 0.2) is 11.6 Å². The fourth-order valence-corrected chi connectivity index (χ4v) is 4.56. The van der Waals surface area contributed by atoms with Gasteiger partial charge in [0.05, 0.1) is 10.5 Å². The van der Waals surface area contributed by atoms with Crippen molar-refractivity contribution in [3.05, 3.63) is 60.4 Å². The summed E-state index contributed by atoms with van der Waals surface area (Å²) in [5.41, 5.74) is -0.886. The van der Waals surface area contributed by atoms with Crippen LogP contribution in [0.4, 0.5) is 19.0 Å². The van der Waals surface area contributed by atoms with Crippen LogP contribution in [-0.4, -0.2) is 58.9 Å². The van der Waals surface area contributed by atoms with Gasteiger partial charge in [-0.15, -0.1) is 10.2 Å². The molecule has 3 heterocycles. The van der Waals surface area contributed by atoms with Crippen LogP contribution in [0.5, 0.6) is 0 Å². The number of hydrogen-bond acceptors (Lipinski definition) is 6. The molecule has 4 rings (SSSR count). The first-order chi connectivity index (χ1) is 14.2. The van der Waals surface area contributed by atoms with Gasteiger partial charge in [-0.2, -0.15) is 22.6 Å². The lowest BCUT2D eigenvalue weighted by Gasteiger charge is -2.34. The predicted octanol–water partition coefficient (Wildman–Crippen LogP) is 2.19. The SMILES string of the molecule is O=S(=O)(c1ccc(C(F)(F)F)cc1)N1CCN(c2ccc(-n3cccn3)nn2)CC1. The monoisotopic (exact) mass is 438 g/mol. The summed E-state index contributed by atoms with van der Waals surface area (Å²) in [5, 5.41) is 12.4. The highest BCUT2D eigenvalue weighted by molar-refractivity contribution is 7.89. The van der Waals surface area contributed by atoms with Gasteiger partial charge in [-0.05, 0) is 42.5 Å². The average molecular weight is 438 g/mol. The number of sulfonamides is 1. The lowest BCUT2D eigenvalue weighted by molar-refractivity contribution is -0.137. The van der Waals surface area contributed by atoms with Crippen LogP contribution in [0.25, 0.3) is 5.82 Å². The van der Waals surface area contributed by atoms with Gasteiger partial charge >= 0.3 is 6.18 Å². The molecule has 0 amide bonds. The molecule has 0 aliphatic carbocycles. The first kappa shape index (κ1) is 20.3. The second-order valence-corrected chi connectivity index (χ2v) is 8.55. The molecule has 0 atom stereocenters. The standard InChI is InChI=1S/C18H17F3N6O2S/c19-18(20,21)14-2-4-15(5-3-14)30(28,29)26-12-10-25(11-13-26)16-6-7-17(24-23-16)27-9-1-8-22-27/h1-9H,10-13H2. The lowest BCUT2D eigenvalue weighted by Crippen LogP contribution is -2.49. The Hall–Kier alpha value is -2.99. The molecule has 12 heteroatoms. The van der Waals surface area contributed by atoms with Gasteiger partial charge in [0.25, 0.3) is 0 Å². The molecule has 0 spiro atoms. The van der Waals surface area contributed by atoms with Gasteiger partial charge in [-0.25, -0.2) is 13.1 Å². The van der Waals surface area contributed by atoms with Crippen molar-refractivity contribution in [3.8, 4) is 5.82 Å². The summed E-state index contributed by atoms with van der Waals surface area (Å²) in [5.74, 6) is 1.17. The zero-order chi connectivity index (χ0) is 21.4. The zero-order valence-corrected chi connectivity index (χ0v) is 16.4. The highest BCUT2D eigenvalue weighted by atomic mass is 32.2. The third-order valence-electron chi connectivity index (χ3n) is 4.76. The van der Waals surface area contributed by atoms with Crippen LogP contribution in [0.1, 0.15) is 5.56 Å². The molecule has 1 aromatic carbocycles. The lowest BCUT2D eigenvalue weighted by atomic mass is 10.2. The summed E-state index contributed by atoms with van der Waals surface area (Å²) in [7, 11) is -3.87. The van der Waals surface area contributed by atoms with Crippen LogP contribution in [0, 0.1) is 0 Å². The number of alkyl halides is 3. The first-order valence-electron chi connectivity index (χ1n) is 9.01. The molecule has 2 aromatic heterocycles. The molecule has 0 radical (unpaired) electrons.